The van der Waals surface area contributed by atoms with Gasteiger partial charge in [-0.05, 0) is 62.1 Å². The number of aryl methyl sites for hydroxylation is 2. The van der Waals surface area contributed by atoms with Gasteiger partial charge in [-0.25, -0.2) is 0 Å². The van der Waals surface area contributed by atoms with E-state index in [0.29, 0.717) is 5.69 Å². The molecular formula is C19H20N2O2. The zero-order valence-corrected chi connectivity index (χ0v) is 13.6. The molecule has 1 aliphatic heterocycles. The van der Waals surface area contributed by atoms with E-state index in [1.54, 1.807) is 4.90 Å². The van der Waals surface area contributed by atoms with Gasteiger partial charge < -0.3 is 10.2 Å². The van der Waals surface area contributed by atoms with Crippen LogP contribution in [0.5, 0.6) is 0 Å². The Balaban J connectivity index is 1.80. The van der Waals surface area contributed by atoms with E-state index in [1.807, 2.05) is 63.2 Å². The van der Waals surface area contributed by atoms with Gasteiger partial charge in [-0.3, -0.25) is 9.59 Å². The normalized spacial score (nSPS) is 16.1. The summed E-state index contributed by atoms with van der Waals surface area (Å²) >= 11 is 0. The summed E-state index contributed by atoms with van der Waals surface area (Å²) in [5, 5.41) is 2.71. The molecular weight excluding hydrogens is 288 g/mol. The van der Waals surface area contributed by atoms with E-state index in [-0.39, 0.29) is 6.04 Å². The summed E-state index contributed by atoms with van der Waals surface area (Å²) in [7, 11) is 0. The van der Waals surface area contributed by atoms with Crippen LogP contribution < -0.4 is 10.2 Å². The standard InChI is InChI=1S/C19H20N2O2/c1-12-8-9-16(10-13(12)2)20-18(22)19(23)21-14(3)11-15-6-4-5-7-17(15)21/h4-10,14H,11H2,1-3H3,(H,20,22). The number of hydrogen-bond acceptors (Lipinski definition) is 2. The maximum absolute atomic E-state index is 12.6. The van der Waals surface area contributed by atoms with Gasteiger partial charge in [0.25, 0.3) is 0 Å². The fraction of sp³-hybridized carbons (Fsp3) is 0.263. The quantitative estimate of drug-likeness (QED) is 0.822. The van der Waals surface area contributed by atoms with E-state index >= 15 is 0 Å². The molecule has 2 amide bonds. The maximum atomic E-state index is 12.6. The van der Waals surface area contributed by atoms with Crippen molar-refractivity contribution in [2.45, 2.75) is 33.2 Å². The van der Waals surface area contributed by atoms with E-state index in [1.165, 1.54) is 0 Å². The molecule has 1 atom stereocenters. The third-order valence-electron chi connectivity index (χ3n) is 4.39. The fourth-order valence-corrected chi connectivity index (χ4v) is 2.99. The number of fused-ring (bicyclic) bond motifs is 1. The number of carbonyl (C=O) groups excluding carboxylic acids is 2. The molecule has 0 saturated heterocycles. The average molecular weight is 308 g/mol. The number of anilines is 2. The highest BCUT2D eigenvalue weighted by Gasteiger charge is 2.34. The van der Waals surface area contributed by atoms with Crippen molar-refractivity contribution in [1.29, 1.82) is 0 Å². The van der Waals surface area contributed by atoms with Crippen LogP contribution in [-0.4, -0.2) is 17.9 Å². The molecule has 1 N–H and O–H groups in total. The minimum absolute atomic E-state index is 0.00889. The lowest BCUT2D eigenvalue weighted by atomic mass is 10.1. The molecule has 3 rings (SSSR count). The van der Waals surface area contributed by atoms with Crippen LogP contribution >= 0.6 is 0 Å². The van der Waals surface area contributed by atoms with Crippen molar-refractivity contribution in [1.82, 2.24) is 0 Å². The Morgan fingerprint density at radius 3 is 2.57 bits per heavy atom. The van der Waals surface area contributed by atoms with Gasteiger partial charge in [0.05, 0.1) is 0 Å². The van der Waals surface area contributed by atoms with E-state index in [4.69, 9.17) is 0 Å². The Morgan fingerprint density at radius 2 is 1.83 bits per heavy atom. The Morgan fingerprint density at radius 1 is 1.09 bits per heavy atom. The van der Waals surface area contributed by atoms with Crippen molar-refractivity contribution in [3.05, 3.63) is 59.2 Å². The lowest BCUT2D eigenvalue weighted by molar-refractivity contribution is -0.134. The highest BCUT2D eigenvalue weighted by molar-refractivity contribution is 6.44. The van der Waals surface area contributed by atoms with E-state index < -0.39 is 11.8 Å². The number of amides is 2. The number of para-hydroxylation sites is 1. The van der Waals surface area contributed by atoms with Crippen LogP contribution in [0.2, 0.25) is 0 Å². The zero-order chi connectivity index (χ0) is 16.6. The molecule has 0 radical (unpaired) electrons. The summed E-state index contributed by atoms with van der Waals surface area (Å²) in [4.78, 5) is 26.5. The largest absolute Gasteiger partial charge is 0.318 e. The predicted octanol–water partition coefficient (Wildman–Crippen LogP) is 3.22. The van der Waals surface area contributed by atoms with E-state index in [0.717, 1.165) is 28.8 Å². The Labute approximate surface area is 136 Å². The SMILES string of the molecule is Cc1ccc(NC(=O)C(=O)N2c3ccccc3CC2C)cc1C. The highest BCUT2D eigenvalue weighted by atomic mass is 16.2. The number of hydrogen-bond donors (Lipinski definition) is 1. The number of benzene rings is 2. The highest BCUT2D eigenvalue weighted by Crippen LogP contribution is 2.31. The Kier molecular flexibility index (Phi) is 3.90. The third kappa shape index (κ3) is 2.84. The number of nitrogens with one attached hydrogen (secondary N) is 1. The molecule has 4 nitrogen and oxygen atoms in total. The molecule has 0 bridgehead atoms. The van der Waals surface area contributed by atoms with Crippen molar-refractivity contribution < 1.29 is 9.59 Å². The monoisotopic (exact) mass is 308 g/mol. The van der Waals surface area contributed by atoms with Crippen LogP contribution in [0, 0.1) is 13.8 Å². The van der Waals surface area contributed by atoms with Gasteiger partial charge in [0.1, 0.15) is 0 Å². The lowest BCUT2D eigenvalue weighted by Crippen LogP contribution is -2.43. The van der Waals surface area contributed by atoms with Crippen molar-refractivity contribution in [2.75, 3.05) is 10.2 Å². The molecule has 0 saturated carbocycles. The maximum Gasteiger partial charge on any atom is 0.316 e. The molecule has 4 heteroatoms. The Hall–Kier alpha value is -2.62. The second-order valence-electron chi connectivity index (χ2n) is 6.11. The lowest BCUT2D eigenvalue weighted by Gasteiger charge is -2.22. The molecule has 1 unspecified atom stereocenters. The Bertz CT molecular complexity index is 783. The van der Waals surface area contributed by atoms with Crippen LogP contribution in [0.15, 0.2) is 42.5 Å². The van der Waals surface area contributed by atoms with Gasteiger partial charge in [-0.2, -0.15) is 0 Å². The van der Waals surface area contributed by atoms with Crippen LogP contribution in [0.4, 0.5) is 11.4 Å². The number of carbonyl (C=O) groups is 2. The summed E-state index contributed by atoms with van der Waals surface area (Å²) < 4.78 is 0. The smallest absolute Gasteiger partial charge is 0.316 e. The van der Waals surface area contributed by atoms with Crippen LogP contribution in [0.25, 0.3) is 0 Å². The van der Waals surface area contributed by atoms with Crippen molar-refractivity contribution in [2.24, 2.45) is 0 Å². The molecule has 2 aromatic carbocycles. The molecule has 0 aromatic heterocycles. The summed E-state index contributed by atoms with van der Waals surface area (Å²) in [6, 6.07) is 13.3. The van der Waals surface area contributed by atoms with Gasteiger partial charge in [-0.15, -0.1) is 0 Å². The summed E-state index contributed by atoms with van der Waals surface area (Å²) in [6.07, 6.45) is 0.777. The molecule has 118 valence electrons. The van der Waals surface area contributed by atoms with Crippen molar-refractivity contribution in [3.8, 4) is 0 Å². The molecule has 1 aliphatic rings. The predicted molar refractivity (Wildman–Crippen MR) is 91.6 cm³/mol. The van der Waals surface area contributed by atoms with Crippen LogP contribution in [0.1, 0.15) is 23.6 Å². The molecule has 23 heavy (non-hydrogen) atoms. The fourth-order valence-electron chi connectivity index (χ4n) is 2.99. The van der Waals surface area contributed by atoms with E-state index in [9.17, 15) is 9.59 Å². The summed E-state index contributed by atoms with van der Waals surface area (Å²) in [5.74, 6) is -1.11. The van der Waals surface area contributed by atoms with Crippen LogP contribution in [-0.2, 0) is 16.0 Å². The summed E-state index contributed by atoms with van der Waals surface area (Å²) in [6.45, 7) is 5.95. The van der Waals surface area contributed by atoms with Gasteiger partial charge in [0.2, 0.25) is 0 Å². The molecule has 2 aromatic rings. The second-order valence-corrected chi connectivity index (χ2v) is 6.11. The van der Waals surface area contributed by atoms with E-state index in [2.05, 4.69) is 5.32 Å². The van der Waals surface area contributed by atoms with Gasteiger partial charge >= 0.3 is 11.8 Å². The molecule has 0 spiro atoms. The summed E-state index contributed by atoms with van der Waals surface area (Å²) in [5.41, 5.74) is 4.81. The third-order valence-corrected chi connectivity index (χ3v) is 4.39. The first-order valence-electron chi connectivity index (χ1n) is 7.77. The zero-order valence-electron chi connectivity index (χ0n) is 13.6. The average Bonchev–Trinajstić information content (AvgIpc) is 2.86. The first-order chi connectivity index (χ1) is 11.0. The van der Waals surface area contributed by atoms with Crippen LogP contribution in [0.3, 0.4) is 0 Å². The molecule has 0 fully saturated rings. The molecule has 1 heterocycles. The number of rotatable bonds is 1. The number of nitrogens with zero attached hydrogens (tertiary/aromatic N) is 1. The van der Waals surface area contributed by atoms with Gasteiger partial charge in [-0.1, -0.05) is 24.3 Å². The van der Waals surface area contributed by atoms with Gasteiger partial charge in [0.15, 0.2) is 0 Å². The minimum Gasteiger partial charge on any atom is -0.318 e. The van der Waals surface area contributed by atoms with Crippen molar-refractivity contribution >= 4 is 23.2 Å². The first-order valence-corrected chi connectivity index (χ1v) is 7.77. The second kappa shape index (κ2) is 5.88. The topological polar surface area (TPSA) is 49.4 Å². The van der Waals surface area contributed by atoms with Crippen molar-refractivity contribution in [3.63, 3.8) is 0 Å². The van der Waals surface area contributed by atoms with Gasteiger partial charge in [0, 0.05) is 17.4 Å². The minimum atomic E-state index is -0.600. The first kappa shape index (κ1) is 15.3. The molecule has 0 aliphatic carbocycles.